The Labute approximate surface area is 163 Å². The van der Waals surface area contributed by atoms with Gasteiger partial charge < -0.3 is 20.0 Å². The maximum Gasteiger partial charge on any atom is 0.490 e. The van der Waals surface area contributed by atoms with Crippen LogP contribution in [0, 0.1) is 11.3 Å². The molecule has 0 radical (unpaired) electrons. The number of fused-ring (bicyclic) bond motifs is 1. The highest BCUT2D eigenvalue weighted by Crippen LogP contribution is 2.42. The van der Waals surface area contributed by atoms with Crippen LogP contribution < -0.4 is 0 Å². The van der Waals surface area contributed by atoms with Crippen molar-refractivity contribution in [2.24, 2.45) is 11.3 Å². The molecule has 7 nitrogen and oxygen atoms in total. The Morgan fingerprint density at radius 1 is 1.25 bits per heavy atom. The molecule has 0 unspecified atom stereocenters. The number of rotatable bonds is 2. The minimum atomic E-state index is -5.08. The van der Waals surface area contributed by atoms with Gasteiger partial charge in [0.2, 0.25) is 0 Å². The van der Waals surface area contributed by atoms with E-state index >= 15 is 0 Å². The summed E-state index contributed by atoms with van der Waals surface area (Å²) < 4.78 is 31.7. The van der Waals surface area contributed by atoms with Crippen molar-refractivity contribution in [3.05, 3.63) is 22.4 Å². The molecule has 0 saturated carbocycles. The molecule has 1 amide bonds. The van der Waals surface area contributed by atoms with Crippen LogP contribution in [0.5, 0.6) is 0 Å². The first-order valence-electron chi connectivity index (χ1n) is 8.51. The summed E-state index contributed by atoms with van der Waals surface area (Å²) >= 11 is 1.51. The SMILES string of the molecule is CN1C[C@@H]2CN(C(=O)c3ccsc3)CCC[C@]2(C(=O)O)C1.O=C(O)C(F)(F)F. The van der Waals surface area contributed by atoms with E-state index in [4.69, 9.17) is 9.90 Å². The minimum Gasteiger partial charge on any atom is -0.481 e. The van der Waals surface area contributed by atoms with E-state index < -0.39 is 23.5 Å². The molecule has 0 spiro atoms. The van der Waals surface area contributed by atoms with E-state index in [0.717, 1.165) is 13.0 Å². The lowest BCUT2D eigenvalue weighted by atomic mass is 9.75. The number of nitrogens with zero attached hydrogens (tertiary/aromatic N) is 2. The number of alkyl halides is 3. The van der Waals surface area contributed by atoms with Crippen molar-refractivity contribution in [2.75, 3.05) is 33.2 Å². The van der Waals surface area contributed by atoms with Gasteiger partial charge in [-0.25, -0.2) is 4.79 Å². The van der Waals surface area contributed by atoms with E-state index in [1.54, 1.807) is 0 Å². The smallest absolute Gasteiger partial charge is 0.481 e. The summed E-state index contributed by atoms with van der Waals surface area (Å²) in [5, 5.41) is 20.6. The minimum absolute atomic E-state index is 0.0186. The molecule has 1 aromatic rings. The van der Waals surface area contributed by atoms with Gasteiger partial charge in [0.1, 0.15) is 0 Å². The van der Waals surface area contributed by atoms with Crippen LogP contribution in [0.1, 0.15) is 23.2 Å². The first-order valence-corrected chi connectivity index (χ1v) is 9.45. The van der Waals surface area contributed by atoms with E-state index in [-0.39, 0.29) is 11.8 Å². The average Bonchev–Trinajstić information content (AvgIpc) is 3.18. The van der Waals surface area contributed by atoms with Gasteiger partial charge in [-0.1, -0.05) is 0 Å². The molecular formula is C17H21F3N2O5S. The molecule has 0 aliphatic carbocycles. The van der Waals surface area contributed by atoms with E-state index in [0.29, 0.717) is 31.6 Å². The monoisotopic (exact) mass is 422 g/mol. The van der Waals surface area contributed by atoms with Crippen molar-refractivity contribution in [2.45, 2.75) is 19.0 Å². The van der Waals surface area contributed by atoms with Crippen molar-refractivity contribution in [3.63, 3.8) is 0 Å². The van der Waals surface area contributed by atoms with E-state index in [1.165, 1.54) is 11.3 Å². The standard InChI is InChI=1S/C15H20N2O3S.C2HF3O2/c1-16-7-12-8-17(13(18)11-3-6-21-9-11)5-2-4-15(12,10-16)14(19)20;3-2(4,5)1(6)7/h3,6,9,12H,2,4-5,7-8,10H2,1H3,(H,19,20);(H,6,7)/t12-,15+;/m1./s1. The molecule has 0 bridgehead atoms. The van der Waals surface area contributed by atoms with Crippen LogP contribution in [0.2, 0.25) is 0 Å². The van der Waals surface area contributed by atoms with Crippen molar-refractivity contribution in [1.29, 1.82) is 0 Å². The van der Waals surface area contributed by atoms with E-state index in [1.807, 2.05) is 28.8 Å². The van der Waals surface area contributed by atoms with E-state index in [2.05, 4.69) is 4.90 Å². The molecule has 156 valence electrons. The molecule has 2 saturated heterocycles. The molecule has 2 atom stereocenters. The maximum absolute atomic E-state index is 12.5. The zero-order valence-electron chi connectivity index (χ0n) is 15.1. The number of hydrogen-bond donors (Lipinski definition) is 2. The molecule has 2 aliphatic rings. The Bertz CT molecular complexity index is 725. The van der Waals surface area contributed by atoms with Crippen molar-refractivity contribution in [3.8, 4) is 0 Å². The zero-order valence-corrected chi connectivity index (χ0v) is 15.9. The molecule has 11 heteroatoms. The Kier molecular flexibility index (Phi) is 6.71. The van der Waals surface area contributed by atoms with Crippen LogP contribution >= 0.6 is 11.3 Å². The van der Waals surface area contributed by atoms with Gasteiger partial charge in [-0.3, -0.25) is 9.59 Å². The van der Waals surface area contributed by atoms with Crippen LogP contribution in [0.15, 0.2) is 16.8 Å². The molecular weight excluding hydrogens is 401 g/mol. The Morgan fingerprint density at radius 3 is 2.39 bits per heavy atom. The van der Waals surface area contributed by atoms with Crippen LogP contribution in [-0.2, 0) is 9.59 Å². The molecule has 1 aromatic heterocycles. The lowest BCUT2D eigenvalue weighted by Crippen LogP contribution is -2.42. The highest BCUT2D eigenvalue weighted by atomic mass is 32.1. The number of amides is 1. The van der Waals surface area contributed by atoms with Crippen LogP contribution in [0.4, 0.5) is 13.2 Å². The van der Waals surface area contributed by atoms with Gasteiger partial charge in [-0.05, 0) is 31.3 Å². The second-order valence-corrected chi connectivity index (χ2v) is 7.80. The summed E-state index contributed by atoms with van der Waals surface area (Å²) in [7, 11) is 1.96. The van der Waals surface area contributed by atoms with Crippen molar-refractivity contribution >= 4 is 29.2 Å². The lowest BCUT2D eigenvalue weighted by Gasteiger charge is -2.29. The Balaban J connectivity index is 0.000000345. The number of halogens is 3. The highest BCUT2D eigenvalue weighted by molar-refractivity contribution is 7.08. The molecule has 2 aliphatic heterocycles. The highest BCUT2D eigenvalue weighted by Gasteiger charge is 2.52. The number of carbonyl (C=O) groups excluding carboxylic acids is 1. The van der Waals surface area contributed by atoms with Gasteiger partial charge >= 0.3 is 18.1 Å². The van der Waals surface area contributed by atoms with Gasteiger partial charge in [0.25, 0.3) is 5.91 Å². The average molecular weight is 422 g/mol. The number of carboxylic acids is 2. The first kappa shape index (κ1) is 22.2. The third-order valence-corrected chi connectivity index (χ3v) is 5.76. The number of hydrogen-bond acceptors (Lipinski definition) is 5. The van der Waals surface area contributed by atoms with Crippen LogP contribution in [0.25, 0.3) is 0 Å². The molecule has 0 aromatic carbocycles. The quantitative estimate of drug-likeness (QED) is 0.759. The zero-order chi connectivity index (χ0) is 21.1. The third-order valence-electron chi connectivity index (χ3n) is 5.08. The maximum atomic E-state index is 12.5. The number of carboxylic acid groups (broad SMARTS) is 2. The first-order chi connectivity index (χ1) is 13.0. The third kappa shape index (κ3) is 4.82. The fourth-order valence-electron chi connectivity index (χ4n) is 3.79. The number of likely N-dealkylation sites (tertiary alicyclic amines) is 2. The topological polar surface area (TPSA) is 98.2 Å². The van der Waals surface area contributed by atoms with Gasteiger partial charge in [-0.2, -0.15) is 24.5 Å². The fraction of sp³-hybridized carbons (Fsp3) is 0.588. The van der Waals surface area contributed by atoms with Gasteiger partial charge in [0.05, 0.1) is 11.0 Å². The molecule has 2 fully saturated rings. The number of carbonyl (C=O) groups is 3. The number of thiophene rings is 1. The summed E-state index contributed by atoms with van der Waals surface area (Å²) in [6, 6.07) is 1.84. The van der Waals surface area contributed by atoms with Crippen LogP contribution in [-0.4, -0.2) is 77.3 Å². The summed E-state index contributed by atoms with van der Waals surface area (Å²) in [6.07, 6.45) is -3.67. The van der Waals surface area contributed by atoms with Gasteiger partial charge in [0, 0.05) is 37.5 Å². The summed E-state index contributed by atoms with van der Waals surface area (Å²) in [5.41, 5.74) is 0.0347. The molecule has 3 rings (SSSR count). The Morgan fingerprint density at radius 2 is 1.89 bits per heavy atom. The molecule has 3 heterocycles. The second kappa shape index (κ2) is 8.48. The molecule has 28 heavy (non-hydrogen) atoms. The molecule has 2 N–H and O–H groups in total. The lowest BCUT2D eigenvalue weighted by molar-refractivity contribution is -0.192. The predicted octanol–water partition coefficient (Wildman–Crippen LogP) is 2.25. The predicted molar refractivity (Wildman–Crippen MR) is 94.2 cm³/mol. The van der Waals surface area contributed by atoms with Crippen LogP contribution in [0.3, 0.4) is 0 Å². The number of aliphatic carboxylic acids is 2. The summed E-state index contributed by atoms with van der Waals surface area (Å²) in [4.78, 5) is 37.2. The second-order valence-electron chi connectivity index (χ2n) is 7.02. The largest absolute Gasteiger partial charge is 0.490 e. The van der Waals surface area contributed by atoms with Gasteiger partial charge in [0.15, 0.2) is 0 Å². The normalized spacial score (nSPS) is 25.3. The van der Waals surface area contributed by atoms with E-state index in [9.17, 15) is 27.9 Å². The van der Waals surface area contributed by atoms with Gasteiger partial charge in [-0.15, -0.1) is 0 Å². The fourth-order valence-corrected chi connectivity index (χ4v) is 4.42. The van der Waals surface area contributed by atoms with Crippen molar-refractivity contribution < 1.29 is 37.8 Å². The Hall–Kier alpha value is -2.14. The summed E-state index contributed by atoms with van der Waals surface area (Å²) in [6.45, 7) is 2.54. The summed E-state index contributed by atoms with van der Waals surface area (Å²) in [5.74, 6) is -3.41. The van der Waals surface area contributed by atoms with Crippen molar-refractivity contribution in [1.82, 2.24) is 9.80 Å².